The molecular formula is C18H20BrF2Na2O3PS. The van der Waals surface area contributed by atoms with Gasteiger partial charge in [0.05, 0.1) is 4.47 Å². The zero-order valence-electron chi connectivity index (χ0n) is 16.1. The first-order valence-corrected chi connectivity index (χ1v) is 11.5. The van der Waals surface area contributed by atoms with Crippen LogP contribution in [0.2, 0.25) is 0 Å². The van der Waals surface area contributed by atoms with E-state index < -0.39 is 13.8 Å². The third kappa shape index (κ3) is 9.51. The maximum Gasteiger partial charge on any atom is 0.442 e. The van der Waals surface area contributed by atoms with Crippen molar-refractivity contribution < 1.29 is 22.8 Å². The van der Waals surface area contributed by atoms with Crippen molar-refractivity contribution >= 4 is 94.4 Å². The van der Waals surface area contributed by atoms with E-state index in [9.17, 15) is 13.3 Å². The Balaban J connectivity index is 0.00000364. The third-order valence-electron chi connectivity index (χ3n) is 3.72. The Morgan fingerprint density at radius 1 is 1.18 bits per heavy atom. The molecule has 0 aliphatic rings. The van der Waals surface area contributed by atoms with Crippen LogP contribution in [0, 0.1) is 0 Å². The summed E-state index contributed by atoms with van der Waals surface area (Å²) < 4.78 is 41.2. The van der Waals surface area contributed by atoms with Gasteiger partial charge in [-0.2, -0.15) is 20.5 Å². The van der Waals surface area contributed by atoms with Crippen LogP contribution in [-0.2, 0) is 11.0 Å². The van der Waals surface area contributed by atoms with Gasteiger partial charge in [-0.3, -0.25) is 0 Å². The Morgan fingerprint density at radius 3 is 2.39 bits per heavy atom. The van der Waals surface area contributed by atoms with E-state index >= 15 is 0 Å². The molecule has 28 heavy (non-hydrogen) atoms. The molecule has 0 aliphatic heterocycles. The summed E-state index contributed by atoms with van der Waals surface area (Å²) in [5.74, 6) is 0.921. The Labute approximate surface area is 221 Å². The van der Waals surface area contributed by atoms with Crippen molar-refractivity contribution in [2.24, 2.45) is 0 Å². The molecule has 2 atom stereocenters. The molecule has 0 heterocycles. The predicted molar refractivity (Wildman–Crippen MR) is 118 cm³/mol. The quantitative estimate of drug-likeness (QED) is 0.259. The van der Waals surface area contributed by atoms with Gasteiger partial charge in [0.2, 0.25) is 0 Å². The molecule has 0 bridgehead atoms. The smallest absolute Gasteiger partial charge is 0.420 e. The van der Waals surface area contributed by atoms with Crippen LogP contribution < -0.4 is 4.52 Å². The molecule has 2 aromatic rings. The Morgan fingerprint density at radius 2 is 1.82 bits per heavy atom. The van der Waals surface area contributed by atoms with Gasteiger partial charge in [0.1, 0.15) is 5.75 Å². The van der Waals surface area contributed by atoms with Crippen molar-refractivity contribution in [2.45, 2.75) is 31.2 Å². The number of aryl methyl sites for hydroxylation is 1. The van der Waals surface area contributed by atoms with Crippen LogP contribution >= 0.6 is 35.3 Å². The van der Waals surface area contributed by atoms with E-state index in [1.165, 1.54) is 11.6 Å². The monoisotopic (exact) mass is 510 g/mol. The molecule has 0 fully saturated rings. The van der Waals surface area contributed by atoms with Gasteiger partial charge >= 0.3 is 13.8 Å². The number of hydrogen-bond acceptors (Lipinski definition) is 3. The second-order valence-corrected chi connectivity index (χ2v) is 9.73. The first-order valence-electron chi connectivity index (χ1n) is 8.05. The number of thioether (sulfide) groups is 1. The van der Waals surface area contributed by atoms with Crippen molar-refractivity contribution in [1.29, 1.82) is 0 Å². The van der Waals surface area contributed by atoms with Gasteiger partial charge in [-0.25, -0.2) is 4.57 Å². The van der Waals surface area contributed by atoms with Gasteiger partial charge in [0, 0.05) is 64.4 Å². The van der Waals surface area contributed by atoms with Crippen molar-refractivity contribution in [2.75, 3.05) is 5.75 Å². The van der Waals surface area contributed by atoms with Crippen molar-refractivity contribution in [3.63, 3.8) is 0 Å². The van der Waals surface area contributed by atoms with E-state index in [1.807, 2.05) is 18.2 Å². The topological polar surface area (TPSA) is 46.5 Å². The minimum Gasteiger partial charge on any atom is -0.420 e. The molecular weight excluding hydrogens is 491 g/mol. The van der Waals surface area contributed by atoms with Gasteiger partial charge in [-0.1, -0.05) is 36.4 Å². The van der Waals surface area contributed by atoms with E-state index in [2.05, 4.69) is 39.5 Å². The average molecular weight is 511 g/mol. The Kier molecular flexibility index (Phi) is 14.8. The summed E-state index contributed by atoms with van der Waals surface area (Å²) in [6.45, 7) is 2.06. The predicted octanol–water partition coefficient (Wildman–Crippen LogP) is 5.90. The summed E-state index contributed by atoms with van der Waals surface area (Å²) in [5.41, 5.74) is 2.30. The molecule has 1 N–H and O–H groups in total. The minimum absolute atomic E-state index is 0. The number of alkyl halides is 2. The molecule has 0 aliphatic carbocycles. The van der Waals surface area contributed by atoms with Crippen molar-refractivity contribution in [1.82, 2.24) is 0 Å². The van der Waals surface area contributed by atoms with Gasteiger partial charge < -0.3 is 9.42 Å². The third-order valence-corrected chi connectivity index (χ3v) is 6.59. The first kappa shape index (κ1) is 29.1. The van der Waals surface area contributed by atoms with Crippen LogP contribution in [0.1, 0.15) is 29.7 Å². The molecule has 2 aromatic carbocycles. The zero-order chi connectivity index (χ0) is 19.2. The molecule has 0 aromatic heterocycles. The van der Waals surface area contributed by atoms with Gasteiger partial charge in [0.15, 0.2) is 0 Å². The number of rotatable bonds is 9. The average Bonchev–Trinajstić information content (AvgIpc) is 2.61. The number of hydrogen-bond donors (Lipinski definition) is 1. The van der Waals surface area contributed by atoms with Crippen LogP contribution in [0.5, 0.6) is 5.75 Å². The number of halogens is 3. The summed E-state index contributed by atoms with van der Waals surface area (Å²) in [6.07, 6.45) is -1.35. The van der Waals surface area contributed by atoms with E-state index in [0.717, 1.165) is 24.2 Å². The molecule has 2 rings (SSSR count). The zero-order valence-corrected chi connectivity index (χ0v) is 23.4. The Bertz CT molecular complexity index is 772. The summed E-state index contributed by atoms with van der Waals surface area (Å²) in [7, 11) is -4.97. The second-order valence-electron chi connectivity index (χ2n) is 5.73. The van der Waals surface area contributed by atoms with E-state index in [0.29, 0.717) is 4.47 Å². The molecule has 10 heteroatoms. The van der Waals surface area contributed by atoms with Crippen LogP contribution in [0.4, 0.5) is 8.78 Å². The van der Waals surface area contributed by atoms with E-state index in [4.69, 9.17) is 4.89 Å². The summed E-state index contributed by atoms with van der Waals surface area (Å²) in [5, 5.41) is 0.201. The molecule has 0 saturated carbocycles. The van der Waals surface area contributed by atoms with Gasteiger partial charge in [0.25, 0.3) is 0 Å². The molecule has 3 nitrogen and oxygen atoms in total. The van der Waals surface area contributed by atoms with Crippen LogP contribution in [0.15, 0.2) is 53.0 Å². The fourth-order valence-electron chi connectivity index (χ4n) is 2.30. The minimum atomic E-state index is -4.97. The van der Waals surface area contributed by atoms with Crippen molar-refractivity contribution in [3.8, 4) is 5.75 Å². The maximum atomic E-state index is 12.5. The van der Waals surface area contributed by atoms with Crippen LogP contribution in [-0.4, -0.2) is 75.9 Å². The van der Waals surface area contributed by atoms with Crippen molar-refractivity contribution in [3.05, 3.63) is 64.1 Å². The fraction of sp³-hybridized carbons (Fsp3) is 0.333. The number of benzene rings is 2. The molecule has 0 spiro atoms. The molecule has 2 radical (unpaired) electrons. The standard InChI is InChI=1S/C18H20BrF2O3PS.2Na/c1-13(26-11-5-8-14-6-3-2-4-7-14)15-9-10-17(16(19)12-15)24-25(22,23)18(20)21;;/h2-4,6-7,9-10,12-13,18H,5,8,11H2,1H3,(H,22,23);;. The molecule has 0 amide bonds. The summed E-state index contributed by atoms with van der Waals surface area (Å²) in [6, 6.07) is 15.2. The SMILES string of the molecule is CC(SCCCc1ccccc1)c1ccc(OP(=O)(O)C(F)F)c(Br)c1.[Na].[Na]. The summed E-state index contributed by atoms with van der Waals surface area (Å²) in [4.78, 5) is 9.14. The fourth-order valence-corrected chi connectivity index (χ4v) is 4.43. The van der Waals surface area contributed by atoms with Crippen LogP contribution in [0.25, 0.3) is 0 Å². The molecule has 2 unspecified atom stereocenters. The van der Waals surface area contributed by atoms with Gasteiger partial charge in [-0.05, 0) is 64.7 Å². The first-order chi connectivity index (χ1) is 12.3. The largest absolute Gasteiger partial charge is 0.442 e. The van der Waals surface area contributed by atoms with E-state index in [1.54, 1.807) is 23.9 Å². The van der Waals surface area contributed by atoms with Gasteiger partial charge in [-0.15, -0.1) is 0 Å². The second kappa shape index (κ2) is 14.2. The van der Waals surface area contributed by atoms with E-state index in [-0.39, 0.29) is 70.1 Å². The summed E-state index contributed by atoms with van der Waals surface area (Å²) >= 11 is 5.01. The Hall–Kier alpha value is 1.12. The molecule has 0 saturated heterocycles. The molecule has 144 valence electrons. The normalized spacial score (nSPS) is 13.8. The van der Waals surface area contributed by atoms with Crippen LogP contribution in [0.3, 0.4) is 0 Å². The maximum absolute atomic E-state index is 12.5.